The third-order valence-corrected chi connectivity index (χ3v) is 7.97. The van der Waals surface area contributed by atoms with Crippen molar-refractivity contribution in [2.45, 2.75) is 42.0 Å². The van der Waals surface area contributed by atoms with Gasteiger partial charge in [0.1, 0.15) is 18.4 Å². The summed E-state index contributed by atoms with van der Waals surface area (Å²) in [5, 5.41) is 6.61. The Balaban J connectivity index is 0.00000253. The van der Waals surface area contributed by atoms with E-state index in [1.54, 1.807) is 24.3 Å². The molecule has 1 saturated heterocycles. The number of nitrogens with zero attached hydrogens (tertiary/aromatic N) is 1. The van der Waals surface area contributed by atoms with Crippen molar-refractivity contribution in [1.29, 1.82) is 0 Å². The fourth-order valence-electron chi connectivity index (χ4n) is 4.25. The molecule has 1 fully saturated rings. The number of ether oxygens (including phenoxy) is 2. The van der Waals surface area contributed by atoms with Crippen molar-refractivity contribution in [3.8, 4) is 5.75 Å². The normalized spacial score (nSPS) is 14.4. The van der Waals surface area contributed by atoms with E-state index in [9.17, 15) is 13.2 Å². The van der Waals surface area contributed by atoms with Gasteiger partial charge in [0.15, 0.2) is 5.03 Å². The zero-order valence-corrected chi connectivity index (χ0v) is 23.5. The summed E-state index contributed by atoms with van der Waals surface area (Å²) in [6, 6.07) is 18.6. The van der Waals surface area contributed by atoms with Crippen LogP contribution >= 0.6 is 24.8 Å². The maximum atomic E-state index is 13.1. The Morgan fingerprint density at radius 1 is 1.03 bits per heavy atom. The SMILES string of the molecule is COc1ccc(S(=O)(=O)c2cc(CN[C@@H](C(=O)OCc3ccccc3)C3CCNCC3)ccn2)cc1.Cl.Cl. The summed E-state index contributed by atoms with van der Waals surface area (Å²) in [6.45, 7) is 2.20. The summed E-state index contributed by atoms with van der Waals surface area (Å²) in [7, 11) is -2.27. The molecule has 1 aliphatic rings. The molecule has 206 valence electrons. The van der Waals surface area contributed by atoms with Gasteiger partial charge in [-0.15, -0.1) is 24.8 Å². The number of carbonyl (C=O) groups excluding carboxylic acids is 1. The van der Waals surface area contributed by atoms with Gasteiger partial charge in [0.25, 0.3) is 0 Å². The van der Waals surface area contributed by atoms with E-state index in [-0.39, 0.29) is 53.2 Å². The number of nitrogens with one attached hydrogen (secondary N) is 2. The second kappa shape index (κ2) is 15.0. The largest absolute Gasteiger partial charge is 0.497 e. The van der Waals surface area contributed by atoms with Crippen LogP contribution in [0.2, 0.25) is 0 Å². The Morgan fingerprint density at radius 2 is 1.71 bits per heavy atom. The minimum Gasteiger partial charge on any atom is -0.497 e. The zero-order valence-electron chi connectivity index (χ0n) is 21.0. The first-order valence-electron chi connectivity index (χ1n) is 12.0. The Hall–Kier alpha value is -2.69. The molecule has 38 heavy (non-hydrogen) atoms. The van der Waals surface area contributed by atoms with Crippen LogP contribution in [0.4, 0.5) is 0 Å². The minimum atomic E-state index is -3.80. The molecule has 0 unspecified atom stereocenters. The lowest BCUT2D eigenvalue weighted by Crippen LogP contribution is -2.47. The van der Waals surface area contributed by atoms with E-state index < -0.39 is 15.9 Å². The maximum Gasteiger partial charge on any atom is 0.323 e. The molecule has 2 N–H and O–H groups in total. The number of rotatable bonds is 10. The number of pyridine rings is 1. The average molecular weight is 583 g/mol. The number of methoxy groups -OCH3 is 1. The van der Waals surface area contributed by atoms with Gasteiger partial charge in [-0.05, 0) is 79.4 Å². The van der Waals surface area contributed by atoms with E-state index in [0.29, 0.717) is 17.9 Å². The first kappa shape index (κ1) is 31.5. The Kier molecular flexibility index (Phi) is 12.5. The van der Waals surface area contributed by atoms with Crippen molar-refractivity contribution < 1.29 is 22.7 Å². The second-order valence-corrected chi connectivity index (χ2v) is 10.6. The molecule has 0 spiro atoms. The van der Waals surface area contributed by atoms with Crippen LogP contribution in [0.15, 0.2) is 82.8 Å². The number of carbonyl (C=O) groups is 1. The fourth-order valence-corrected chi connectivity index (χ4v) is 5.49. The maximum absolute atomic E-state index is 13.1. The van der Waals surface area contributed by atoms with Gasteiger partial charge in [0, 0.05) is 12.7 Å². The summed E-state index contributed by atoms with van der Waals surface area (Å²) in [4.78, 5) is 17.3. The molecular formula is C27H33Cl2N3O5S. The third kappa shape index (κ3) is 8.15. The molecule has 1 aliphatic heterocycles. The van der Waals surface area contributed by atoms with Gasteiger partial charge in [-0.25, -0.2) is 13.4 Å². The molecule has 2 heterocycles. The highest BCUT2D eigenvalue weighted by Crippen LogP contribution is 2.23. The van der Waals surface area contributed by atoms with Gasteiger partial charge in [0.2, 0.25) is 9.84 Å². The quantitative estimate of drug-likeness (QED) is 0.346. The van der Waals surface area contributed by atoms with Crippen molar-refractivity contribution in [1.82, 2.24) is 15.6 Å². The highest BCUT2D eigenvalue weighted by molar-refractivity contribution is 7.91. The van der Waals surface area contributed by atoms with Crippen LogP contribution in [0.1, 0.15) is 24.0 Å². The van der Waals surface area contributed by atoms with Gasteiger partial charge < -0.3 is 20.1 Å². The predicted octanol–water partition coefficient (Wildman–Crippen LogP) is 3.97. The smallest absolute Gasteiger partial charge is 0.323 e. The van der Waals surface area contributed by atoms with Crippen LogP contribution in [0.25, 0.3) is 0 Å². The number of halogens is 2. The lowest BCUT2D eigenvalue weighted by Gasteiger charge is -2.30. The van der Waals surface area contributed by atoms with E-state index >= 15 is 0 Å². The number of esters is 1. The lowest BCUT2D eigenvalue weighted by molar-refractivity contribution is -0.149. The van der Waals surface area contributed by atoms with Crippen LogP contribution in [-0.2, 0) is 32.5 Å². The standard InChI is InChI=1S/C27H31N3O5S.2ClH/c1-34-23-7-9-24(10-8-23)36(32,33)25-17-21(11-16-29-25)18-30-26(22-12-14-28-15-13-22)27(31)35-19-20-5-3-2-4-6-20;;/h2-11,16-17,22,26,28,30H,12-15,18-19H2,1H3;2*1H/t26-;;/m1../s1. The Morgan fingerprint density at radius 3 is 2.37 bits per heavy atom. The summed E-state index contributed by atoms with van der Waals surface area (Å²) >= 11 is 0. The fraction of sp³-hybridized carbons (Fsp3) is 0.333. The van der Waals surface area contributed by atoms with Gasteiger partial charge in [-0.3, -0.25) is 4.79 Å². The molecule has 0 radical (unpaired) electrons. The van der Waals surface area contributed by atoms with Gasteiger partial charge in [-0.1, -0.05) is 30.3 Å². The van der Waals surface area contributed by atoms with Crippen LogP contribution in [0.5, 0.6) is 5.75 Å². The molecule has 1 atom stereocenters. The van der Waals surface area contributed by atoms with E-state index in [1.807, 2.05) is 30.3 Å². The molecule has 4 rings (SSSR count). The molecule has 2 aromatic carbocycles. The molecule has 11 heteroatoms. The first-order chi connectivity index (χ1) is 17.5. The van der Waals surface area contributed by atoms with Crippen molar-refractivity contribution >= 4 is 40.6 Å². The van der Waals surface area contributed by atoms with Gasteiger partial charge in [0.05, 0.1) is 12.0 Å². The number of sulfone groups is 1. The predicted molar refractivity (Wildman–Crippen MR) is 150 cm³/mol. The molecule has 1 aromatic heterocycles. The number of aromatic nitrogens is 1. The molecule has 0 amide bonds. The van der Waals surface area contributed by atoms with Crippen LogP contribution in [0.3, 0.4) is 0 Å². The number of piperidine rings is 1. The number of hydrogen-bond acceptors (Lipinski definition) is 8. The summed E-state index contributed by atoms with van der Waals surface area (Å²) in [6.07, 6.45) is 3.18. The molecule has 3 aromatic rings. The van der Waals surface area contributed by atoms with Crippen LogP contribution in [-0.4, -0.2) is 45.6 Å². The first-order valence-corrected chi connectivity index (χ1v) is 13.4. The number of hydrogen-bond donors (Lipinski definition) is 2. The minimum absolute atomic E-state index is 0. The van der Waals surface area contributed by atoms with E-state index in [0.717, 1.165) is 31.5 Å². The Labute approximate surface area is 236 Å². The zero-order chi connectivity index (χ0) is 25.4. The molecule has 0 aliphatic carbocycles. The van der Waals surface area contributed by atoms with Crippen LogP contribution in [0, 0.1) is 5.92 Å². The third-order valence-electron chi connectivity index (χ3n) is 6.30. The van der Waals surface area contributed by atoms with E-state index in [1.165, 1.54) is 25.4 Å². The molecular weight excluding hydrogens is 549 g/mol. The van der Waals surface area contributed by atoms with Gasteiger partial charge >= 0.3 is 5.97 Å². The molecule has 0 bridgehead atoms. The molecule has 0 saturated carbocycles. The Bertz CT molecular complexity index is 1260. The van der Waals surface area contributed by atoms with Crippen LogP contribution < -0.4 is 15.4 Å². The summed E-state index contributed by atoms with van der Waals surface area (Å²) in [5.41, 5.74) is 1.64. The van der Waals surface area contributed by atoms with Crippen molar-refractivity contribution in [2.24, 2.45) is 5.92 Å². The number of benzene rings is 2. The highest BCUT2D eigenvalue weighted by atomic mass is 35.5. The highest BCUT2D eigenvalue weighted by Gasteiger charge is 2.30. The topological polar surface area (TPSA) is 107 Å². The van der Waals surface area contributed by atoms with E-state index in [4.69, 9.17) is 9.47 Å². The monoisotopic (exact) mass is 581 g/mol. The molecule has 8 nitrogen and oxygen atoms in total. The lowest BCUT2D eigenvalue weighted by atomic mass is 9.90. The van der Waals surface area contributed by atoms with Crippen molar-refractivity contribution in [3.05, 3.63) is 84.1 Å². The van der Waals surface area contributed by atoms with Gasteiger partial charge in [-0.2, -0.15) is 0 Å². The summed E-state index contributed by atoms with van der Waals surface area (Å²) < 4.78 is 36.9. The van der Waals surface area contributed by atoms with Crippen molar-refractivity contribution in [2.75, 3.05) is 20.2 Å². The summed E-state index contributed by atoms with van der Waals surface area (Å²) in [5.74, 6) is 0.396. The van der Waals surface area contributed by atoms with Crippen molar-refractivity contribution in [3.63, 3.8) is 0 Å². The average Bonchev–Trinajstić information content (AvgIpc) is 2.93. The second-order valence-electron chi connectivity index (χ2n) is 8.72. The van der Waals surface area contributed by atoms with E-state index in [2.05, 4.69) is 15.6 Å².